The predicted molar refractivity (Wildman–Crippen MR) is 49.6 cm³/mol. The maximum absolute atomic E-state index is 10.6. The Hall–Kier alpha value is -0.610. The molecule has 1 heterocycles. The van der Waals surface area contributed by atoms with E-state index in [4.69, 9.17) is 5.11 Å². The van der Waals surface area contributed by atoms with Crippen LogP contribution in [0.1, 0.15) is 0 Å². The van der Waals surface area contributed by atoms with Crippen molar-refractivity contribution in [2.24, 2.45) is 0 Å². The van der Waals surface area contributed by atoms with Crippen molar-refractivity contribution in [1.29, 1.82) is 0 Å². The van der Waals surface area contributed by atoms with Crippen molar-refractivity contribution in [2.75, 3.05) is 0 Å². The Balaban J connectivity index is 2.27. The summed E-state index contributed by atoms with van der Waals surface area (Å²) in [6.07, 6.45) is 0. The van der Waals surface area contributed by atoms with E-state index in [0.29, 0.717) is 0 Å². The third kappa shape index (κ3) is 1.32. The zero-order valence-corrected chi connectivity index (χ0v) is 7.69. The van der Waals surface area contributed by atoms with E-state index in [9.17, 15) is 4.79 Å². The number of benzene rings is 1. The smallest absolute Gasteiger partial charge is 0.327 e. The molecule has 0 radical (unpaired) electrons. The van der Waals surface area contributed by atoms with E-state index >= 15 is 0 Å². The fraction of sp³-hybridized carbons (Fsp3) is 0.125. The number of carboxylic acid groups (broad SMARTS) is 1. The normalized spacial score (nSPS) is 16.0. The van der Waals surface area contributed by atoms with Gasteiger partial charge in [-0.15, -0.1) is 0 Å². The first kappa shape index (κ1) is 8.01. The molecule has 0 saturated carbocycles. The molecule has 62 valence electrons. The van der Waals surface area contributed by atoms with Gasteiger partial charge in [0.05, 0.1) is 0 Å². The van der Waals surface area contributed by atoms with Gasteiger partial charge in [0.25, 0.3) is 0 Å². The quantitative estimate of drug-likeness (QED) is 0.751. The summed E-state index contributed by atoms with van der Waals surface area (Å²) in [6, 6.07) is 7.76. The average molecular weight is 198 g/mol. The molecule has 1 aromatic carbocycles. The third-order valence-electron chi connectivity index (χ3n) is 1.52. The summed E-state index contributed by atoms with van der Waals surface area (Å²) in [4.78, 5) is 12.8. The van der Waals surface area contributed by atoms with E-state index < -0.39 is 5.97 Å². The molecule has 0 saturated heterocycles. The van der Waals surface area contributed by atoms with Gasteiger partial charge in [0.2, 0.25) is 0 Å². The number of aliphatic carboxylic acids is 1. The van der Waals surface area contributed by atoms with E-state index in [1.165, 1.54) is 23.5 Å². The van der Waals surface area contributed by atoms with Crippen molar-refractivity contribution in [2.45, 2.75) is 14.4 Å². The molecule has 2 rings (SSSR count). The highest BCUT2D eigenvalue weighted by Gasteiger charge is 2.28. The van der Waals surface area contributed by atoms with Gasteiger partial charge in [0, 0.05) is 9.79 Å². The van der Waals surface area contributed by atoms with Crippen molar-refractivity contribution >= 4 is 29.5 Å². The summed E-state index contributed by atoms with van der Waals surface area (Å²) in [6.45, 7) is 0. The Morgan fingerprint density at radius 2 is 1.75 bits per heavy atom. The zero-order valence-electron chi connectivity index (χ0n) is 6.06. The topological polar surface area (TPSA) is 37.3 Å². The van der Waals surface area contributed by atoms with E-state index in [1.54, 1.807) is 0 Å². The van der Waals surface area contributed by atoms with Crippen molar-refractivity contribution < 1.29 is 9.90 Å². The molecular weight excluding hydrogens is 192 g/mol. The van der Waals surface area contributed by atoms with Gasteiger partial charge in [-0.2, -0.15) is 0 Å². The van der Waals surface area contributed by atoms with Crippen molar-refractivity contribution in [3.8, 4) is 0 Å². The molecule has 1 aliphatic rings. The Morgan fingerprint density at radius 1 is 1.25 bits per heavy atom. The lowest BCUT2D eigenvalue weighted by Gasteiger charge is -1.97. The van der Waals surface area contributed by atoms with Crippen LogP contribution in [-0.2, 0) is 4.79 Å². The lowest BCUT2D eigenvalue weighted by atomic mass is 10.4. The first-order valence-electron chi connectivity index (χ1n) is 3.42. The van der Waals surface area contributed by atoms with Crippen LogP contribution in [0, 0.1) is 0 Å². The molecule has 1 aliphatic heterocycles. The number of carboxylic acids is 1. The Bertz CT molecular complexity index is 300. The molecule has 1 N–H and O–H groups in total. The Labute approximate surface area is 78.4 Å². The van der Waals surface area contributed by atoms with Gasteiger partial charge in [-0.1, -0.05) is 35.7 Å². The number of carbonyl (C=O) groups is 1. The minimum atomic E-state index is -0.749. The fourth-order valence-corrected chi connectivity index (χ4v) is 3.45. The molecule has 2 nitrogen and oxygen atoms in total. The van der Waals surface area contributed by atoms with Crippen LogP contribution in [-0.4, -0.2) is 15.7 Å². The molecule has 4 heteroatoms. The first-order chi connectivity index (χ1) is 5.77. The molecule has 0 amide bonds. The van der Waals surface area contributed by atoms with Crippen LogP contribution in [0.5, 0.6) is 0 Å². The van der Waals surface area contributed by atoms with E-state index in [2.05, 4.69) is 0 Å². The van der Waals surface area contributed by atoms with Crippen molar-refractivity contribution in [1.82, 2.24) is 0 Å². The summed E-state index contributed by atoms with van der Waals surface area (Å²) >= 11 is 2.82. The van der Waals surface area contributed by atoms with Crippen LogP contribution in [0.2, 0.25) is 0 Å². The molecule has 0 atom stereocenters. The highest BCUT2D eigenvalue weighted by molar-refractivity contribution is 8.20. The van der Waals surface area contributed by atoms with Crippen LogP contribution >= 0.6 is 23.5 Å². The molecular formula is C8H6O2S2. The standard InChI is InChI=1S/C8H6O2S2/c9-7(10)8-11-5-3-1-2-4-6(5)12-8/h1-4,8H,(H,9,10). The second-order valence-corrected chi connectivity index (χ2v) is 4.94. The SMILES string of the molecule is O=C(O)C1Sc2ccccc2S1. The lowest BCUT2D eigenvalue weighted by Crippen LogP contribution is -2.07. The highest BCUT2D eigenvalue weighted by Crippen LogP contribution is 2.47. The lowest BCUT2D eigenvalue weighted by molar-refractivity contribution is -0.134. The van der Waals surface area contributed by atoms with Crippen molar-refractivity contribution in [3.63, 3.8) is 0 Å². The summed E-state index contributed by atoms with van der Waals surface area (Å²) in [7, 11) is 0. The van der Waals surface area contributed by atoms with E-state index in [1.807, 2.05) is 24.3 Å². The maximum Gasteiger partial charge on any atom is 0.327 e. The maximum atomic E-state index is 10.6. The molecule has 0 aliphatic carbocycles. The van der Waals surface area contributed by atoms with E-state index in [0.717, 1.165) is 9.79 Å². The fourth-order valence-electron chi connectivity index (χ4n) is 1.00. The molecule has 0 spiro atoms. The summed E-state index contributed by atoms with van der Waals surface area (Å²) < 4.78 is -0.359. The predicted octanol–water partition coefficient (Wildman–Crippen LogP) is 2.30. The van der Waals surface area contributed by atoms with Gasteiger partial charge in [-0.05, 0) is 12.1 Å². The van der Waals surface area contributed by atoms with Crippen LogP contribution in [0.25, 0.3) is 0 Å². The molecule has 0 bridgehead atoms. The molecule has 0 unspecified atom stereocenters. The van der Waals surface area contributed by atoms with Crippen LogP contribution < -0.4 is 0 Å². The minimum Gasteiger partial charge on any atom is -0.480 e. The van der Waals surface area contributed by atoms with Gasteiger partial charge < -0.3 is 5.11 Å². The van der Waals surface area contributed by atoms with Gasteiger partial charge in [0.1, 0.15) is 0 Å². The van der Waals surface area contributed by atoms with Crippen LogP contribution in [0.3, 0.4) is 0 Å². The van der Waals surface area contributed by atoms with Crippen LogP contribution in [0.4, 0.5) is 0 Å². The van der Waals surface area contributed by atoms with Gasteiger partial charge >= 0.3 is 5.97 Å². The largest absolute Gasteiger partial charge is 0.480 e. The minimum absolute atomic E-state index is 0.359. The molecule has 1 aromatic rings. The average Bonchev–Trinajstić information content (AvgIpc) is 2.46. The summed E-state index contributed by atoms with van der Waals surface area (Å²) in [5, 5.41) is 8.74. The summed E-state index contributed by atoms with van der Waals surface area (Å²) in [5.74, 6) is -0.749. The first-order valence-corrected chi connectivity index (χ1v) is 5.18. The number of rotatable bonds is 1. The summed E-state index contributed by atoms with van der Waals surface area (Å²) in [5.41, 5.74) is 0. The molecule has 0 aromatic heterocycles. The second kappa shape index (κ2) is 3.03. The number of thioether (sulfide) groups is 2. The van der Waals surface area contributed by atoms with E-state index in [-0.39, 0.29) is 4.58 Å². The van der Waals surface area contributed by atoms with Gasteiger partial charge in [-0.25, -0.2) is 0 Å². The Kier molecular flexibility index (Phi) is 2.02. The molecule has 0 fully saturated rings. The number of hydrogen-bond donors (Lipinski definition) is 1. The second-order valence-electron chi connectivity index (χ2n) is 2.35. The van der Waals surface area contributed by atoms with Gasteiger partial charge in [-0.3, -0.25) is 4.79 Å². The van der Waals surface area contributed by atoms with Crippen molar-refractivity contribution in [3.05, 3.63) is 24.3 Å². The monoisotopic (exact) mass is 198 g/mol. The highest BCUT2D eigenvalue weighted by atomic mass is 32.2. The van der Waals surface area contributed by atoms with Crippen LogP contribution in [0.15, 0.2) is 34.1 Å². The number of hydrogen-bond acceptors (Lipinski definition) is 3. The molecule has 12 heavy (non-hydrogen) atoms. The number of fused-ring (bicyclic) bond motifs is 1. The van der Waals surface area contributed by atoms with Gasteiger partial charge in [0.15, 0.2) is 4.58 Å². The zero-order chi connectivity index (χ0) is 8.55. The Morgan fingerprint density at radius 3 is 2.17 bits per heavy atom. The third-order valence-corrected chi connectivity index (χ3v) is 4.28.